The van der Waals surface area contributed by atoms with Gasteiger partial charge in [-0.1, -0.05) is 32.0 Å². The molecule has 0 unspecified atom stereocenters. The molecule has 0 fully saturated rings. The molecule has 3 amide bonds. The van der Waals surface area contributed by atoms with E-state index in [1.165, 1.54) is 24.3 Å². The Bertz CT molecular complexity index is 843. The van der Waals surface area contributed by atoms with E-state index in [-0.39, 0.29) is 19.1 Å². The lowest BCUT2D eigenvalue weighted by Gasteiger charge is -2.22. The molecule has 30 heavy (non-hydrogen) atoms. The van der Waals surface area contributed by atoms with Crippen LogP contribution in [0.1, 0.15) is 13.8 Å². The van der Waals surface area contributed by atoms with Gasteiger partial charge in [0.05, 0.1) is 0 Å². The highest BCUT2D eigenvalue weighted by atomic mass is 19.1. The van der Waals surface area contributed by atoms with Gasteiger partial charge in [-0.3, -0.25) is 25.2 Å². The fourth-order valence-corrected chi connectivity index (χ4v) is 2.34. The maximum atomic E-state index is 12.8. The van der Waals surface area contributed by atoms with E-state index in [9.17, 15) is 18.8 Å². The summed E-state index contributed by atoms with van der Waals surface area (Å²) in [4.78, 5) is 36.3. The van der Waals surface area contributed by atoms with E-state index in [0.29, 0.717) is 11.5 Å². The standard InChI is InChI=1S/C21H24FN3O5/c1-14(2)20(23-18(26)12-29-16-6-4-3-5-7-16)21(28)25-24-19(27)13-30-17-10-8-15(22)9-11-17/h3-11,14,20H,12-13H2,1-2H3,(H,23,26)(H,24,27)(H,25,28)/t20-/m0/s1. The topological polar surface area (TPSA) is 106 Å². The summed E-state index contributed by atoms with van der Waals surface area (Å²) in [6.07, 6.45) is 0. The Morgan fingerprint density at radius 3 is 2.00 bits per heavy atom. The molecule has 3 N–H and O–H groups in total. The van der Waals surface area contributed by atoms with Crippen molar-refractivity contribution in [2.24, 2.45) is 5.92 Å². The molecular weight excluding hydrogens is 393 g/mol. The van der Waals surface area contributed by atoms with Crippen LogP contribution in [0.25, 0.3) is 0 Å². The number of nitrogens with one attached hydrogen (secondary N) is 3. The van der Waals surface area contributed by atoms with Gasteiger partial charge in [-0.2, -0.15) is 0 Å². The minimum atomic E-state index is -0.879. The van der Waals surface area contributed by atoms with Crippen LogP contribution < -0.4 is 25.6 Å². The van der Waals surface area contributed by atoms with Gasteiger partial charge < -0.3 is 14.8 Å². The second-order valence-corrected chi connectivity index (χ2v) is 6.67. The number of hydrogen-bond donors (Lipinski definition) is 3. The summed E-state index contributed by atoms with van der Waals surface area (Å²) in [6, 6.07) is 13.1. The van der Waals surface area contributed by atoms with Crippen molar-refractivity contribution in [3.05, 3.63) is 60.4 Å². The maximum absolute atomic E-state index is 12.8. The van der Waals surface area contributed by atoms with Crippen LogP contribution >= 0.6 is 0 Å². The quantitative estimate of drug-likeness (QED) is 0.537. The number of amides is 3. The molecule has 0 aliphatic heterocycles. The second kappa shape index (κ2) is 11.4. The monoisotopic (exact) mass is 417 g/mol. The highest BCUT2D eigenvalue weighted by molar-refractivity contribution is 5.90. The summed E-state index contributed by atoms with van der Waals surface area (Å²) in [5, 5.41) is 2.58. The van der Waals surface area contributed by atoms with Crippen molar-refractivity contribution in [1.29, 1.82) is 0 Å². The van der Waals surface area contributed by atoms with E-state index < -0.39 is 29.6 Å². The zero-order valence-electron chi connectivity index (χ0n) is 16.7. The van der Waals surface area contributed by atoms with E-state index in [1.54, 1.807) is 38.1 Å². The molecule has 0 saturated carbocycles. The first-order valence-electron chi connectivity index (χ1n) is 9.29. The molecule has 9 heteroatoms. The first-order valence-corrected chi connectivity index (χ1v) is 9.29. The van der Waals surface area contributed by atoms with Crippen LogP contribution in [0.5, 0.6) is 11.5 Å². The number of ether oxygens (including phenoxy) is 2. The molecule has 2 rings (SSSR count). The summed E-state index contributed by atoms with van der Waals surface area (Å²) in [7, 11) is 0. The Kier molecular flexibility index (Phi) is 8.61. The molecule has 1 atom stereocenters. The first-order chi connectivity index (χ1) is 14.3. The zero-order valence-corrected chi connectivity index (χ0v) is 16.7. The van der Waals surface area contributed by atoms with Gasteiger partial charge in [-0.15, -0.1) is 0 Å². The Hall–Kier alpha value is -3.62. The van der Waals surface area contributed by atoms with Crippen LogP contribution in [-0.2, 0) is 14.4 Å². The highest BCUT2D eigenvalue weighted by Crippen LogP contribution is 2.10. The molecule has 0 aliphatic carbocycles. The molecule has 0 bridgehead atoms. The maximum Gasteiger partial charge on any atom is 0.276 e. The number of para-hydroxylation sites is 1. The van der Waals surface area contributed by atoms with Crippen molar-refractivity contribution in [2.45, 2.75) is 19.9 Å². The third-order valence-corrected chi connectivity index (χ3v) is 3.89. The van der Waals surface area contributed by atoms with E-state index in [2.05, 4.69) is 16.2 Å². The van der Waals surface area contributed by atoms with Gasteiger partial charge in [-0.25, -0.2) is 4.39 Å². The first kappa shape index (κ1) is 22.7. The fourth-order valence-electron chi connectivity index (χ4n) is 2.34. The summed E-state index contributed by atoms with van der Waals surface area (Å²) < 4.78 is 23.4. The molecule has 160 valence electrons. The second-order valence-electron chi connectivity index (χ2n) is 6.67. The van der Waals surface area contributed by atoms with Crippen LogP contribution in [0.15, 0.2) is 54.6 Å². The number of carbonyl (C=O) groups is 3. The third-order valence-electron chi connectivity index (χ3n) is 3.89. The average Bonchev–Trinajstić information content (AvgIpc) is 2.74. The lowest BCUT2D eigenvalue weighted by atomic mass is 10.0. The predicted molar refractivity (Wildman–Crippen MR) is 107 cm³/mol. The van der Waals surface area contributed by atoms with Gasteiger partial charge >= 0.3 is 0 Å². The van der Waals surface area contributed by atoms with Crippen LogP contribution in [0.4, 0.5) is 4.39 Å². The summed E-state index contributed by atoms with van der Waals surface area (Å²) >= 11 is 0. The molecule has 8 nitrogen and oxygen atoms in total. The van der Waals surface area contributed by atoms with Gasteiger partial charge in [0, 0.05) is 0 Å². The van der Waals surface area contributed by atoms with Crippen molar-refractivity contribution in [1.82, 2.24) is 16.2 Å². The summed E-state index contributed by atoms with van der Waals surface area (Å²) in [5.41, 5.74) is 4.46. The van der Waals surface area contributed by atoms with Gasteiger partial charge in [0.15, 0.2) is 13.2 Å². The molecular formula is C21H24FN3O5. The Morgan fingerprint density at radius 1 is 0.833 bits per heavy atom. The minimum absolute atomic E-state index is 0.238. The van der Waals surface area contributed by atoms with Crippen molar-refractivity contribution < 1.29 is 28.2 Å². The zero-order chi connectivity index (χ0) is 21.9. The molecule has 0 aliphatic rings. The molecule has 0 saturated heterocycles. The van der Waals surface area contributed by atoms with Crippen molar-refractivity contribution in [3.63, 3.8) is 0 Å². The minimum Gasteiger partial charge on any atom is -0.484 e. The molecule has 0 aromatic heterocycles. The van der Waals surface area contributed by atoms with E-state index in [0.717, 1.165) is 0 Å². The number of benzene rings is 2. The smallest absolute Gasteiger partial charge is 0.276 e. The Balaban J connectivity index is 1.76. The fraction of sp³-hybridized carbons (Fsp3) is 0.286. The Labute approximate surface area is 173 Å². The molecule has 0 heterocycles. The summed E-state index contributed by atoms with van der Waals surface area (Å²) in [5.74, 6) is -1.50. The molecule has 2 aromatic carbocycles. The van der Waals surface area contributed by atoms with Crippen LogP contribution in [0.3, 0.4) is 0 Å². The predicted octanol–water partition coefficient (Wildman–Crippen LogP) is 1.57. The lowest BCUT2D eigenvalue weighted by Crippen LogP contribution is -2.55. The van der Waals surface area contributed by atoms with Gasteiger partial charge in [0.25, 0.3) is 17.7 Å². The Morgan fingerprint density at radius 2 is 1.40 bits per heavy atom. The number of carbonyl (C=O) groups excluding carboxylic acids is 3. The van der Waals surface area contributed by atoms with E-state index in [4.69, 9.17) is 9.47 Å². The number of hydrazine groups is 1. The SMILES string of the molecule is CC(C)[C@H](NC(=O)COc1ccccc1)C(=O)NNC(=O)COc1ccc(F)cc1. The number of hydrogen-bond acceptors (Lipinski definition) is 5. The largest absolute Gasteiger partial charge is 0.484 e. The third kappa shape index (κ3) is 7.78. The van der Waals surface area contributed by atoms with Crippen molar-refractivity contribution in [2.75, 3.05) is 13.2 Å². The van der Waals surface area contributed by atoms with Gasteiger partial charge in [0.1, 0.15) is 23.4 Å². The normalized spacial score (nSPS) is 11.3. The molecule has 0 spiro atoms. The highest BCUT2D eigenvalue weighted by Gasteiger charge is 2.24. The van der Waals surface area contributed by atoms with Crippen molar-refractivity contribution >= 4 is 17.7 Å². The van der Waals surface area contributed by atoms with E-state index in [1.807, 2.05) is 6.07 Å². The van der Waals surface area contributed by atoms with Crippen LogP contribution in [0, 0.1) is 11.7 Å². The number of rotatable bonds is 9. The van der Waals surface area contributed by atoms with Crippen LogP contribution in [-0.4, -0.2) is 37.0 Å². The van der Waals surface area contributed by atoms with E-state index >= 15 is 0 Å². The lowest BCUT2D eigenvalue weighted by molar-refractivity contribution is -0.134. The average molecular weight is 417 g/mol. The van der Waals surface area contributed by atoms with Crippen LogP contribution in [0.2, 0.25) is 0 Å². The van der Waals surface area contributed by atoms with Gasteiger partial charge in [0.2, 0.25) is 0 Å². The van der Waals surface area contributed by atoms with Crippen molar-refractivity contribution in [3.8, 4) is 11.5 Å². The van der Waals surface area contributed by atoms with Gasteiger partial charge in [-0.05, 0) is 42.3 Å². The summed E-state index contributed by atoms with van der Waals surface area (Å²) in [6.45, 7) is 2.87. The molecule has 2 aromatic rings. The molecule has 0 radical (unpaired) electrons. The number of halogens is 1.